The normalized spacial score (nSPS) is 16.8. The second kappa shape index (κ2) is 9.43. The maximum absolute atomic E-state index is 13.0. The van der Waals surface area contributed by atoms with E-state index in [1.54, 1.807) is 0 Å². The van der Waals surface area contributed by atoms with Crippen LogP contribution in [-0.2, 0) is 14.8 Å². The number of carbonyl (C=O) groups is 1. The van der Waals surface area contributed by atoms with E-state index < -0.39 is 15.8 Å². The van der Waals surface area contributed by atoms with Crippen molar-refractivity contribution < 1.29 is 22.5 Å². The minimum Gasteiger partial charge on any atom is -0.350 e. The first-order chi connectivity index (χ1) is 12.4. The molecule has 1 aromatic rings. The van der Waals surface area contributed by atoms with Crippen LogP contribution in [0, 0.1) is 11.7 Å². The molecule has 0 unspecified atom stereocenters. The number of rotatable bonds is 8. The highest BCUT2D eigenvalue weighted by molar-refractivity contribution is 7.89. The largest absolute Gasteiger partial charge is 0.350 e. The van der Waals surface area contributed by atoms with Crippen molar-refractivity contribution in [1.29, 1.82) is 0 Å². The number of likely N-dealkylation sites (N-methyl/N-ethyl adjacent to an activating group) is 1. The van der Waals surface area contributed by atoms with Crippen LogP contribution in [0.5, 0.6) is 0 Å². The average molecular weight is 387 g/mol. The van der Waals surface area contributed by atoms with Gasteiger partial charge in [-0.05, 0) is 51.0 Å². The fourth-order valence-electron chi connectivity index (χ4n) is 3.22. The van der Waals surface area contributed by atoms with E-state index in [-0.39, 0.29) is 16.7 Å². The first-order valence-electron chi connectivity index (χ1n) is 9.25. The summed E-state index contributed by atoms with van der Waals surface area (Å²) in [5.74, 6) is -0.609. The summed E-state index contributed by atoms with van der Waals surface area (Å²) in [4.78, 5) is 13.8. The number of benzene rings is 1. The molecule has 6 nitrogen and oxygen atoms in total. The van der Waals surface area contributed by atoms with Gasteiger partial charge in [0, 0.05) is 19.0 Å². The van der Waals surface area contributed by atoms with Crippen molar-refractivity contribution in [1.82, 2.24) is 9.62 Å². The summed E-state index contributed by atoms with van der Waals surface area (Å²) in [6, 6.07) is 4.84. The van der Waals surface area contributed by atoms with Gasteiger partial charge < -0.3 is 10.2 Å². The van der Waals surface area contributed by atoms with Crippen LogP contribution in [0.3, 0.4) is 0 Å². The lowest BCUT2D eigenvalue weighted by molar-refractivity contribution is -0.895. The van der Waals surface area contributed by atoms with E-state index >= 15 is 0 Å². The third-order valence-electron chi connectivity index (χ3n) is 5.05. The molecule has 2 rings (SSSR count). The fourth-order valence-corrected chi connectivity index (χ4v) is 4.69. The molecular weight excluding hydrogens is 357 g/mol. The zero-order valence-electron chi connectivity index (χ0n) is 15.5. The van der Waals surface area contributed by atoms with Crippen LogP contribution in [-0.4, -0.2) is 57.9 Å². The highest BCUT2D eigenvalue weighted by Crippen LogP contribution is 2.24. The Bertz CT molecular complexity index is 682. The topological polar surface area (TPSA) is 70.9 Å². The molecule has 1 fully saturated rings. The van der Waals surface area contributed by atoms with Gasteiger partial charge in [0.1, 0.15) is 5.82 Å². The van der Waals surface area contributed by atoms with Gasteiger partial charge in [0.05, 0.1) is 31.1 Å². The maximum atomic E-state index is 13.0. The number of hydrogen-bond acceptors (Lipinski definition) is 3. The molecule has 0 radical (unpaired) electrons. The zero-order chi connectivity index (χ0) is 19.2. The molecule has 0 aromatic heterocycles. The molecule has 1 saturated heterocycles. The highest BCUT2D eigenvalue weighted by Gasteiger charge is 2.32. The van der Waals surface area contributed by atoms with Crippen molar-refractivity contribution in [2.24, 2.45) is 5.92 Å². The SMILES string of the molecule is CC[NH+](CC)CCNC(=O)C1CCN(S(=O)(=O)c2ccc(F)cc2)CC1. The number of piperidine rings is 1. The maximum Gasteiger partial charge on any atom is 0.243 e. The molecule has 0 atom stereocenters. The van der Waals surface area contributed by atoms with E-state index in [9.17, 15) is 17.6 Å². The van der Waals surface area contributed by atoms with Crippen LogP contribution in [0.1, 0.15) is 26.7 Å². The molecule has 0 aliphatic carbocycles. The molecule has 0 spiro atoms. The van der Waals surface area contributed by atoms with Gasteiger partial charge in [-0.3, -0.25) is 4.79 Å². The smallest absolute Gasteiger partial charge is 0.243 e. The van der Waals surface area contributed by atoms with Crippen LogP contribution < -0.4 is 10.2 Å². The van der Waals surface area contributed by atoms with Gasteiger partial charge in [0.25, 0.3) is 0 Å². The monoisotopic (exact) mass is 386 g/mol. The predicted octanol–water partition coefficient (Wildman–Crippen LogP) is 0.267. The standard InChI is InChI=1S/C18H28FN3O3S/c1-3-21(4-2)14-11-20-18(23)15-9-12-22(13-10-15)26(24,25)17-7-5-16(19)6-8-17/h5-8,15H,3-4,9-14H2,1-2H3,(H,20,23)/p+1. The van der Waals surface area contributed by atoms with E-state index in [2.05, 4.69) is 19.2 Å². The first-order valence-corrected chi connectivity index (χ1v) is 10.7. The van der Waals surface area contributed by atoms with E-state index in [4.69, 9.17) is 0 Å². The van der Waals surface area contributed by atoms with Crippen molar-refractivity contribution in [3.63, 3.8) is 0 Å². The Morgan fingerprint density at radius 3 is 2.31 bits per heavy atom. The van der Waals surface area contributed by atoms with Crippen molar-refractivity contribution in [3.05, 3.63) is 30.1 Å². The fraction of sp³-hybridized carbons (Fsp3) is 0.611. The number of sulfonamides is 1. The number of nitrogens with one attached hydrogen (secondary N) is 2. The van der Waals surface area contributed by atoms with Crippen molar-refractivity contribution in [2.45, 2.75) is 31.6 Å². The lowest BCUT2D eigenvalue weighted by atomic mass is 9.97. The third kappa shape index (κ3) is 5.25. The molecule has 1 heterocycles. The molecule has 1 amide bonds. The summed E-state index contributed by atoms with van der Waals surface area (Å²) in [6.45, 7) is 8.46. The van der Waals surface area contributed by atoms with Crippen LogP contribution >= 0.6 is 0 Å². The van der Waals surface area contributed by atoms with Crippen molar-refractivity contribution in [2.75, 3.05) is 39.3 Å². The van der Waals surface area contributed by atoms with E-state index in [1.165, 1.54) is 21.3 Å². The Balaban J connectivity index is 1.84. The summed E-state index contributed by atoms with van der Waals surface area (Å²) in [5, 5.41) is 2.97. The van der Waals surface area contributed by atoms with Crippen molar-refractivity contribution in [3.8, 4) is 0 Å². The molecule has 0 saturated carbocycles. The average Bonchev–Trinajstić information content (AvgIpc) is 2.65. The van der Waals surface area contributed by atoms with Gasteiger partial charge in [-0.1, -0.05) is 0 Å². The Kier molecular flexibility index (Phi) is 7.55. The number of nitrogens with zero attached hydrogens (tertiary/aromatic N) is 1. The zero-order valence-corrected chi connectivity index (χ0v) is 16.3. The molecule has 1 aliphatic rings. The van der Waals surface area contributed by atoms with E-state index in [0.29, 0.717) is 32.5 Å². The van der Waals surface area contributed by atoms with Gasteiger partial charge in [0.2, 0.25) is 15.9 Å². The lowest BCUT2D eigenvalue weighted by Crippen LogP contribution is -3.12. The number of amides is 1. The summed E-state index contributed by atoms with van der Waals surface area (Å²) in [5.41, 5.74) is 0. The number of carbonyl (C=O) groups excluding carboxylic acids is 1. The molecule has 26 heavy (non-hydrogen) atoms. The van der Waals surface area contributed by atoms with Crippen LogP contribution in [0.25, 0.3) is 0 Å². The van der Waals surface area contributed by atoms with Crippen LogP contribution in [0.15, 0.2) is 29.2 Å². The number of halogens is 1. The Hall–Kier alpha value is -1.51. The summed E-state index contributed by atoms with van der Waals surface area (Å²) >= 11 is 0. The molecule has 8 heteroatoms. The predicted molar refractivity (Wildman–Crippen MR) is 97.8 cm³/mol. The lowest BCUT2D eigenvalue weighted by Gasteiger charge is -2.30. The van der Waals surface area contributed by atoms with Gasteiger partial charge in [-0.15, -0.1) is 0 Å². The Morgan fingerprint density at radius 1 is 1.19 bits per heavy atom. The summed E-state index contributed by atoms with van der Waals surface area (Å²) in [6.07, 6.45) is 1.01. The summed E-state index contributed by atoms with van der Waals surface area (Å²) < 4.78 is 39.6. The second-order valence-corrected chi connectivity index (χ2v) is 8.57. The molecule has 1 aromatic carbocycles. The molecule has 146 valence electrons. The first kappa shape index (κ1) is 20.8. The van der Waals surface area contributed by atoms with Gasteiger partial charge in [-0.2, -0.15) is 4.31 Å². The summed E-state index contributed by atoms with van der Waals surface area (Å²) in [7, 11) is -3.63. The minimum absolute atomic E-state index is 0.00962. The Labute approximate surface area is 155 Å². The van der Waals surface area contributed by atoms with Crippen molar-refractivity contribution >= 4 is 15.9 Å². The minimum atomic E-state index is -3.63. The molecular formula is C18H29FN3O3S+. The molecule has 0 bridgehead atoms. The van der Waals surface area contributed by atoms with Crippen LogP contribution in [0.4, 0.5) is 4.39 Å². The number of hydrogen-bond donors (Lipinski definition) is 2. The quantitative estimate of drug-likeness (QED) is 0.674. The Morgan fingerprint density at radius 2 is 1.77 bits per heavy atom. The van der Waals surface area contributed by atoms with Crippen LogP contribution in [0.2, 0.25) is 0 Å². The number of quaternary nitrogens is 1. The van der Waals surface area contributed by atoms with Gasteiger partial charge >= 0.3 is 0 Å². The van der Waals surface area contributed by atoms with Gasteiger partial charge in [-0.25, -0.2) is 12.8 Å². The molecule has 2 N–H and O–H groups in total. The third-order valence-corrected chi connectivity index (χ3v) is 6.97. The van der Waals surface area contributed by atoms with E-state index in [0.717, 1.165) is 31.8 Å². The molecule has 1 aliphatic heterocycles. The second-order valence-electron chi connectivity index (χ2n) is 6.63. The van der Waals surface area contributed by atoms with Gasteiger partial charge in [0.15, 0.2) is 0 Å². The highest BCUT2D eigenvalue weighted by atomic mass is 32.2. The van der Waals surface area contributed by atoms with E-state index in [1.807, 2.05) is 0 Å².